The van der Waals surface area contributed by atoms with E-state index in [2.05, 4.69) is 5.32 Å². The fourth-order valence-corrected chi connectivity index (χ4v) is 2.96. The van der Waals surface area contributed by atoms with Crippen molar-refractivity contribution >= 4 is 35.2 Å². The minimum Gasteiger partial charge on any atom is -0.545 e. The highest BCUT2D eigenvalue weighted by Gasteiger charge is 2.11. The van der Waals surface area contributed by atoms with E-state index in [0.717, 1.165) is 5.56 Å². The number of carbonyl (C=O) groups is 2. The van der Waals surface area contributed by atoms with Crippen LogP contribution < -0.4 is 19.9 Å². The van der Waals surface area contributed by atoms with Crippen molar-refractivity contribution in [3.8, 4) is 17.6 Å². The third kappa shape index (κ3) is 6.35. The number of hydrogen-bond donors (Lipinski definition) is 1. The van der Waals surface area contributed by atoms with Gasteiger partial charge in [-0.3, -0.25) is 4.79 Å². The second-order valence-corrected chi connectivity index (χ2v) is 7.25. The number of hydrogen-bond acceptors (Lipinski definition) is 6. The lowest BCUT2D eigenvalue weighted by atomic mass is 10.1. The molecule has 0 radical (unpaired) electrons. The van der Waals surface area contributed by atoms with Gasteiger partial charge in [-0.2, -0.15) is 5.26 Å². The summed E-state index contributed by atoms with van der Waals surface area (Å²) in [6, 6.07) is 19.6. The standard InChI is InChI=1S/C25H19ClN2O5/c1-32-23-13-17(12-19(14-27)24(29)28-21-9-7-20(26)8-10-21)4-11-22(23)33-15-16-2-5-18(6-3-16)25(30)31/h2-13H,15H2,1H3,(H,28,29)(H,30,31)/p-1/b19-12+. The molecule has 8 heteroatoms. The van der Waals surface area contributed by atoms with E-state index in [1.54, 1.807) is 54.6 Å². The van der Waals surface area contributed by atoms with Gasteiger partial charge in [-0.25, -0.2) is 0 Å². The molecule has 0 aliphatic rings. The molecule has 0 saturated heterocycles. The molecule has 3 rings (SSSR count). The number of nitrogens with zero attached hydrogens (tertiary/aromatic N) is 1. The maximum atomic E-state index is 12.4. The van der Waals surface area contributed by atoms with Crippen LogP contribution in [0.25, 0.3) is 6.08 Å². The van der Waals surface area contributed by atoms with Gasteiger partial charge < -0.3 is 24.7 Å². The number of benzene rings is 3. The Kier molecular flexibility index (Phi) is 7.68. The summed E-state index contributed by atoms with van der Waals surface area (Å²) in [5.74, 6) is -0.946. The van der Waals surface area contributed by atoms with Crippen LogP contribution in [0.1, 0.15) is 21.5 Å². The van der Waals surface area contributed by atoms with Crippen LogP contribution in [0.4, 0.5) is 5.69 Å². The number of ether oxygens (including phenoxy) is 2. The van der Waals surface area contributed by atoms with Crippen LogP contribution in [-0.2, 0) is 11.4 Å². The van der Waals surface area contributed by atoms with Crippen molar-refractivity contribution in [3.05, 3.63) is 94.0 Å². The van der Waals surface area contributed by atoms with Gasteiger partial charge in [0.1, 0.15) is 18.2 Å². The number of methoxy groups -OCH3 is 1. The van der Waals surface area contributed by atoms with Crippen LogP contribution in [0.5, 0.6) is 11.5 Å². The van der Waals surface area contributed by atoms with Crippen LogP contribution >= 0.6 is 11.6 Å². The fourth-order valence-electron chi connectivity index (χ4n) is 2.84. The predicted molar refractivity (Wildman–Crippen MR) is 122 cm³/mol. The van der Waals surface area contributed by atoms with E-state index in [-0.39, 0.29) is 17.7 Å². The van der Waals surface area contributed by atoms with Gasteiger partial charge in [0, 0.05) is 10.7 Å². The average molecular weight is 462 g/mol. The lowest BCUT2D eigenvalue weighted by Gasteiger charge is -2.12. The molecule has 0 aliphatic carbocycles. The van der Waals surface area contributed by atoms with Crippen LogP contribution in [0.3, 0.4) is 0 Å². The molecule has 1 amide bonds. The van der Waals surface area contributed by atoms with E-state index in [1.807, 2.05) is 6.07 Å². The number of nitriles is 1. The number of anilines is 1. The largest absolute Gasteiger partial charge is 0.545 e. The molecule has 1 N–H and O–H groups in total. The summed E-state index contributed by atoms with van der Waals surface area (Å²) < 4.78 is 11.1. The van der Waals surface area contributed by atoms with Crippen molar-refractivity contribution in [1.29, 1.82) is 5.26 Å². The van der Waals surface area contributed by atoms with Gasteiger partial charge in [0.15, 0.2) is 11.5 Å². The Morgan fingerprint density at radius 3 is 2.36 bits per heavy atom. The molecule has 0 aromatic heterocycles. The zero-order valence-corrected chi connectivity index (χ0v) is 18.3. The molecule has 0 fully saturated rings. The van der Waals surface area contributed by atoms with Crippen molar-refractivity contribution in [2.75, 3.05) is 12.4 Å². The highest BCUT2D eigenvalue weighted by molar-refractivity contribution is 6.30. The summed E-state index contributed by atoms with van der Waals surface area (Å²) in [5, 5.41) is 23.4. The molecule has 0 atom stereocenters. The summed E-state index contributed by atoms with van der Waals surface area (Å²) in [6.45, 7) is 0.186. The second kappa shape index (κ2) is 10.8. The van der Waals surface area contributed by atoms with Crippen LogP contribution in [0.2, 0.25) is 5.02 Å². The maximum absolute atomic E-state index is 12.4. The Bertz CT molecular complexity index is 1230. The van der Waals surface area contributed by atoms with E-state index in [1.165, 1.54) is 25.3 Å². The number of rotatable bonds is 8. The molecule has 3 aromatic carbocycles. The Balaban J connectivity index is 1.72. The SMILES string of the molecule is COc1cc(/C=C(\C#N)C(=O)Nc2ccc(Cl)cc2)ccc1OCc1ccc(C(=O)[O-])cc1. The number of carbonyl (C=O) groups excluding carboxylic acids is 2. The smallest absolute Gasteiger partial charge is 0.266 e. The quantitative estimate of drug-likeness (QED) is 0.403. The molecule has 0 unspecified atom stereocenters. The van der Waals surface area contributed by atoms with E-state index in [9.17, 15) is 20.0 Å². The molecule has 0 heterocycles. The third-order valence-electron chi connectivity index (χ3n) is 4.55. The molecule has 33 heavy (non-hydrogen) atoms. The van der Waals surface area contributed by atoms with Crippen molar-refractivity contribution in [2.24, 2.45) is 0 Å². The van der Waals surface area contributed by atoms with Crippen molar-refractivity contribution in [1.82, 2.24) is 0 Å². The molecule has 0 spiro atoms. The van der Waals surface area contributed by atoms with Gasteiger partial charge in [-0.15, -0.1) is 0 Å². The Morgan fingerprint density at radius 2 is 1.76 bits per heavy atom. The lowest BCUT2D eigenvalue weighted by Crippen LogP contribution is -2.22. The van der Waals surface area contributed by atoms with Gasteiger partial charge in [0.25, 0.3) is 5.91 Å². The zero-order chi connectivity index (χ0) is 23.8. The normalized spacial score (nSPS) is 10.8. The summed E-state index contributed by atoms with van der Waals surface area (Å²) in [5.41, 5.74) is 1.84. The van der Waals surface area contributed by atoms with Gasteiger partial charge in [0.05, 0.1) is 13.1 Å². The highest BCUT2D eigenvalue weighted by atomic mass is 35.5. The Morgan fingerprint density at radius 1 is 1.06 bits per heavy atom. The maximum Gasteiger partial charge on any atom is 0.266 e. The molecule has 166 valence electrons. The summed E-state index contributed by atoms with van der Waals surface area (Å²) in [6.07, 6.45) is 1.44. The first-order chi connectivity index (χ1) is 15.9. The van der Waals surface area contributed by atoms with E-state index in [4.69, 9.17) is 21.1 Å². The van der Waals surface area contributed by atoms with E-state index < -0.39 is 11.9 Å². The fraction of sp³-hybridized carbons (Fsp3) is 0.0800. The summed E-state index contributed by atoms with van der Waals surface area (Å²) in [4.78, 5) is 23.3. The lowest BCUT2D eigenvalue weighted by molar-refractivity contribution is -0.255. The first kappa shape index (κ1) is 23.4. The molecule has 3 aromatic rings. The molecule has 0 aliphatic heterocycles. The van der Waals surface area contributed by atoms with E-state index >= 15 is 0 Å². The number of nitrogens with one attached hydrogen (secondary N) is 1. The van der Waals surface area contributed by atoms with E-state index in [0.29, 0.717) is 27.8 Å². The number of carboxylic acid groups (broad SMARTS) is 1. The summed E-state index contributed by atoms with van der Waals surface area (Å²) >= 11 is 5.84. The zero-order valence-electron chi connectivity index (χ0n) is 17.5. The first-order valence-corrected chi connectivity index (χ1v) is 10.1. The molecule has 0 bridgehead atoms. The molecule has 7 nitrogen and oxygen atoms in total. The molecule has 0 saturated carbocycles. The average Bonchev–Trinajstić information content (AvgIpc) is 2.83. The predicted octanol–water partition coefficient (Wildman–Crippen LogP) is 3.84. The van der Waals surface area contributed by atoms with Crippen molar-refractivity contribution in [3.63, 3.8) is 0 Å². The Labute approximate surface area is 195 Å². The monoisotopic (exact) mass is 461 g/mol. The number of amides is 1. The summed E-state index contributed by atoms with van der Waals surface area (Å²) in [7, 11) is 1.47. The highest BCUT2D eigenvalue weighted by Crippen LogP contribution is 2.30. The minimum absolute atomic E-state index is 0.0841. The van der Waals surface area contributed by atoms with Gasteiger partial charge in [-0.1, -0.05) is 41.9 Å². The first-order valence-electron chi connectivity index (χ1n) is 9.69. The second-order valence-electron chi connectivity index (χ2n) is 6.81. The van der Waals surface area contributed by atoms with Crippen LogP contribution in [0, 0.1) is 11.3 Å². The third-order valence-corrected chi connectivity index (χ3v) is 4.80. The van der Waals surface area contributed by atoms with Gasteiger partial charge >= 0.3 is 0 Å². The minimum atomic E-state index is -1.24. The Hall–Kier alpha value is -4.28. The number of aromatic carboxylic acids is 1. The van der Waals surface area contributed by atoms with Crippen molar-refractivity contribution in [2.45, 2.75) is 6.61 Å². The molecular formula is C25H18ClN2O5-. The van der Waals surface area contributed by atoms with Gasteiger partial charge in [0.2, 0.25) is 0 Å². The van der Waals surface area contributed by atoms with Gasteiger partial charge in [-0.05, 0) is 59.2 Å². The molecular weight excluding hydrogens is 444 g/mol. The topological polar surface area (TPSA) is 111 Å². The van der Waals surface area contributed by atoms with Crippen LogP contribution in [0.15, 0.2) is 72.3 Å². The van der Waals surface area contributed by atoms with Crippen LogP contribution in [-0.4, -0.2) is 19.0 Å². The van der Waals surface area contributed by atoms with Crippen molar-refractivity contribution < 1.29 is 24.2 Å². The number of halogens is 1. The number of carboxylic acids is 1.